The number of aromatic hydroxyl groups is 1. The Balaban J connectivity index is 2.03. The lowest BCUT2D eigenvalue weighted by atomic mass is 10.1. The second-order valence-corrected chi connectivity index (χ2v) is 8.84. The summed E-state index contributed by atoms with van der Waals surface area (Å²) in [6, 6.07) is 11.9. The van der Waals surface area contributed by atoms with Crippen molar-refractivity contribution in [1.29, 1.82) is 0 Å². The number of rotatable bonds is 2. The van der Waals surface area contributed by atoms with Gasteiger partial charge in [0.1, 0.15) is 5.75 Å². The van der Waals surface area contributed by atoms with Gasteiger partial charge in [-0.05, 0) is 69.3 Å². The molecule has 136 valence electrons. The number of aryl methyl sites for hydroxylation is 1. The summed E-state index contributed by atoms with van der Waals surface area (Å²) in [4.78, 5) is 2.48. The van der Waals surface area contributed by atoms with Crippen LogP contribution in [0.5, 0.6) is 5.75 Å². The first-order valence-corrected chi connectivity index (χ1v) is 10.2. The molecule has 0 unspecified atom stereocenters. The van der Waals surface area contributed by atoms with E-state index in [4.69, 9.17) is 0 Å². The van der Waals surface area contributed by atoms with Crippen molar-refractivity contribution in [3.8, 4) is 5.75 Å². The van der Waals surface area contributed by atoms with Gasteiger partial charge < -0.3 is 10.0 Å². The van der Waals surface area contributed by atoms with Gasteiger partial charge in [0.25, 0.3) is 10.0 Å². The number of phenols is 1. The average Bonchev–Trinajstić information content (AvgIpc) is 2.76. The predicted octanol–water partition coefficient (Wildman–Crippen LogP) is 3.27. The molecule has 2 aromatic carbocycles. The number of aromatic nitrogens is 1. The molecule has 26 heavy (non-hydrogen) atoms. The molecule has 0 atom stereocenters. The van der Waals surface area contributed by atoms with E-state index in [2.05, 4.69) is 4.90 Å². The number of phenolic OH excluding ortho intramolecular Hbond substituents is 1. The molecule has 0 bridgehead atoms. The van der Waals surface area contributed by atoms with Crippen molar-refractivity contribution in [2.24, 2.45) is 0 Å². The van der Waals surface area contributed by atoms with Gasteiger partial charge >= 0.3 is 0 Å². The van der Waals surface area contributed by atoms with Gasteiger partial charge in [0, 0.05) is 17.6 Å². The van der Waals surface area contributed by atoms with Gasteiger partial charge in [-0.25, -0.2) is 12.4 Å². The van der Waals surface area contributed by atoms with Crippen molar-refractivity contribution in [2.75, 3.05) is 13.6 Å². The SMILES string of the molecule is Cc1ccc(S(=O)(=O)n2c3c(c4cc(O)ccc42)CN(C)CCC3)cc1. The van der Waals surface area contributed by atoms with E-state index in [1.54, 1.807) is 30.3 Å². The smallest absolute Gasteiger partial charge is 0.268 e. The molecule has 0 saturated heterocycles. The number of hydrogen-bond donors (Lipinski definition) is 1. The molecule has 6 heteroatoms. The summed E-state index contributed by atoms with van der Waals surface area (Å²) in [7, 11) is -1.67. The standard InChI is InChI=1S/C20H22N2O3S/c1-14-5-8-16(9-6-14)26(24,25)22-19-4-3-11-21(2)13-18(19)17-12-15(23)7-10-20(17)22/h5-10,12,23H,3-4,11,13H2,1-2H3. The largest absolute Gasteiger partial charge is 0.508 e. The number of nitrogens with zero attached hydrogens (tertiary/aromatic N) is 2. The van der Waals surface area contributed by atoms with Crippen LogP contribution in [0.25, 0.3) is 10.9 Å². The topological polar surface area (TPSA) is 62.5 Å². The zero-order valence-corrected chi connectivity index (χ0v) is 15.8. The second kappa shape index (κ2) is 6.14. The van der Waals surface area contributed by atoms with Gasteiger partial charge in [-0.15, -0.1) is 0 Å². The van der Waals surface area contributed by atoms with Crippen LogP contribution in [0.15, 0.2) is 47.4 Å². The van der Waals surface area contributed by atoms with Gasteiger partial charge in [-0.3, -0.25) is 0 Å². The van der Waals surface area contributed by atoms with E-state index in [0.717, 1.165) is 35.2 Å². The van der Waals surface area contributed by atoms with Crippen molar-refractivity contribution in [2.45, 2.75) is 31.2 Å². The van der Waals surface area contributed by atoms with Crippen LogP contribution in [-0.4, -0.2) is 36.0 Å². The zero-order valence-electron chi connectivity index (χ0n) is 14.9. The third kappa shape index (κ3) is 2.70. The van der Waals surface area contributed by atoms with Gasteiger partial charge in [-0.2, -0.15) is 0 Å². The van der Waals surface area contributed by atoms with E-state index in [1.807, 2.05) is 26.1 Å². The van der Waals surface area contributed by atoms with E-state index in [0.29, 0.717) is 18.5 Å². The van der Waals surface area contributed by atoms with Gasteiger partial charge in [-0.1, -0.05) is 17.7 Å². The fourth-order valence-corrected chi connectivity index (χ4v) is 5.35. The molecular formula is C20H22N2O3S. The first-order valence-electron chi connectivity index (χ1n) is 8.74. The minimum Gasteiger partial charge on any atom is -0.508 e. The zero-order chi connectivity index (χ0) is 18.5. The van der Waals surface area contributed by atoms with E-state index in [9.17, 15) is 13.5 Å². The van der Waals surface area contributed by atoms with Crippen molar-refractivity contribution < 1.29 is 13.5 Å². The molecule has 0 saturated carbocycles. The molecule has 3 aromatic rings. The highest BCUT2D eigenvalue weighted by Gasteiger charge is 2.28. The van der Waals surface area contributed by atoms with Gasteiger partial charge in [0.05, 0.1) is 10.4 Å². The molecule has 0 fully saturated rings. The first kappa shape index (κ1) is 17.1. The van der Waals surface area contributed by atoms with Gasteiger partial charge in [0.15, 0.2) is 0 Å². The van der Waals surface area contributed by atoms with Crippen LogP contribution < -0.4 is 0 Å². The summed E-state index contributed by atoms with van der Waals surface area (Å²) in [5.74, 6) is 0.150. The maximum atomic E-state index is 13.5. The summed E-state index contributed by atoms with van der Waals surface area (Å²) in [5.41, 5.74) is 3.47. The summed E-state index contributed by atoms with van der Waals surface area (Å²) < 4.78 is 28.4. The van der Waals surface area contributed by atoms with Crippen LogP contribution >= 0.6 is 0 Å². The second-order valence-electron chi connectivity index (χ2n) is 7.05. The Morgan fingerprint density at radius 3 is 2.54 bits per heavy atom. The van der Waals surface area contributed by atoms with E-state index in [1.165, 1.54) is 3.97 Å². The molecule has 5 nitrogen and oxygen atoms in total. The van der Waals surface area contributed by atoms with Crippen LogP contribution in [0.4, 0.5) is 0 Å². The van der Waals surface area contributed by atoms with Gasteiger partial charge in [0.2, 0.25) is 0 Å². The summed E-state index contributed by atoms with van der Waals surface area (Å²) in [5, 5.41) is 10.8. The Hall–Kier alpha value is -2.31. The van der Waals surface area contributed by atoms with Crippen LogP contribution in [0.2, 0.25) is 0 Å². The highest BCUT2D eigenvalue weighted by Crippen LogP contribution is 2.35. The molecule has 1 aliphatic heterocycles. The lowest BCUT2D eigenvalue weighted by molar-refractivity contribution is 0.333. The van der Waals surface area contributed by atoms with Crippen molar-refractivity contribution in [3.63, 3.8) is 0 Å². The molecule has 2 heterocycles. The molecule has 0 aliphatic carbocycles. The molecule has 1 aliphatic rings. The highest BCUT2D eigenvalue weighted by molar-refractivity contribution is 7.90. The summed E-state index contributed by atoms with van der Waals surface area (Å²) in [6.07, 6.45) is 1.59. The fourth-order valence-electron chi connectivity index (χ4n) is 3.75. The quantitative estimate of drug-likeness (QED) is 0.752. The maximum Gasteiger partial charge on any atom is 0.268 e. The Bertz CT molecular complexity index is 1080. The Kier molecular flexibility index (Phi) is 4.04. The van der Waals surface area contributed by atoms with Crippen molar-refractivity contribution in [1.82, 2.24) is 8.87 Å². The number of hydrogen-bond acceptors (Lipinski definition) is 4. The highest BCUT2D eigenvalue weighted by atomic mass is 32.2. The molecule has 1 aromatic heterocycles. The molecule has 0 radical (unpaired) electrons. The number of benzene rings is 2. The van der Waals surface area contributed by atoms with Crippen LogP contribution in [0, 0.1) is 6.92 Å². The average molecular weight is 370 g/mol. The van der Waals surface area contributed by atoms with E-state index in [-0.39, 0.29) is 10.6 Å². The Labute approximate surface area is 153 Å². The minimum atomic E-state index is -3.71. The number of fused-ring (bicyclic) bond motifs is 3. The summed E-state index contributed by atoms with van der Waals surface area (Å²) >= 11 is 0. The van der Waals surface area contributed by atoms with Crippen LogP contribution in [0.3, 0.4) is 0 Å². The predicted molar refractivity (Wildman–Crippen MR) is 102 cm³/mol. The fraction of sp³-hybridized carbons (Fsp3) is 0.300. The van der Waals surface area contributed by atoms with Crippen LogP contribution in [0.1, 0.15) is 23.2 Å². The van der Waals surface area contributed by atoms with Crippen molar-refractivity contribution in [3.05, 3.63) is 59.3 Å². The molecular weight excluding hydrogens is 348 g/mol. The Morgan fingerprint density at radius 1 is 1.08 bits per heavy atom. The first-order chi connectivity index (χ1) is 12.4. The van der Waals surface area contributed by atoms with Crippen LogP contribution in [-0.2, 0) is 23.0 Å². The van der Waals surface area contributed by atoms with Crippen molar-refractivity contribution >= 4 is 20.9 Å². The summed E-state index contributed by atoms with van der Waals surface area (Å²) in [6.45, 7) is 3.53. The lowest BCUT2D eigenvalue weighted by Gasteiger charge is -2.12. The molecule has 1 N–H and O–H groups in total. The normalized spacial score (nSPS) is 15.8. The third-order valence-electron chi connectivity index (χ3n) is 5.06. The molecule has 0 amide bonds. The molecule has 4 rings (SSSR count). The maximum absolute atomic E-state index is 13.5. The third-order valence-corrected chi connectivity index (χ3v) is 6.82. The monoisotopic (exact) mass is 370 g/mol. The minimum absolute atomic E-state index is 0.150. The molecule has 0 spiro atoms. The lowest BCUT2D eigenvalue weighted by Crippen LogP contribution is -2.17. The van der Waals surface area contributed by atoms with E-state index >= 15 is 0 Å². The van der Waals surface area contributed by atoms with E-state index < -0.39 is 10.0 Å². The Morgan fingerprint density at radius 2 is 1.81 bits per heavy atom.